The second-order valence-electron chi connectivity index (χ2n) is 26.6. The molecule has 0 spiro atoms. The first-order valence-electron chi connectivity index (χ1n) is 41.0. The second-order valence-corrected chi connectivity index (χ2v) is 29.5. The van der Waals surface area contributed by atoms with E-state index in [-0.39, 0.29) is 25.7 Å². The number of hydrogen-bond acceptors (Lipinski definition) is 15. The second kappa shape index (κ2) is 79.3. The van der Waals surface area contributed by atoms with E-state index in [0.717, 1.165) is 205 Å². The summed E-state index contributed by atoms with van der Waals surface area (Å²) in [5.74, 6) is -2.33. The van der Waals surface area contributed by atoms with Gasteiger partial charge >= 0.3 is 39.5 Å². The third-order valence-electron chi connectivity index (χ3n) is 16.4. The number of esters is 4. The molecule has 0 aromatic heterocycles. The number of unbranched alkanes of at least 4 members (excludes halogenated alkanes) is 19. The molecule has 0 aliphatic heterocycles. The lowest BCUT2D eigenvalue weighted by Crippen LogP contribution is -2.30. The smallest absolute Gasteiger partial charge is 0.462 e. The number of hydrogen-bond donors (Lipinski definition) is 3. The summed E-state index contributed by atoms with van der Waals surface area (Å²) in [4.78, 5) is 73.1. The summed E-state index contributed by atoms with van der Waals surface area (Å²) < 4.78 is 68.6. The Morgan fingerprint density at radius 2 is 0.500 bits per heavy atom. The van der Waals surface area contributed by atoms with Gasteiger partial charge in [0, 0.05) is 25.7 Å². The van der Waals surface area contributed by atoms with Crippen LogP contribution in [0.5, 0.6) is 0 Å². The summed E-state index contributed by atoms with van der Waals surface area (Å²) in [5.41, 5.74) is 0. The lowest BCUT2D eigenvalue weighted by atomic mass is 10.1. The van der Waals surface area contributed by atoms with Crippen molar-refractivity contribution in [3.63, 3.8) is 0 Å². The minimum Gasteiger partial charge on any atom is -0.462 e. The summed E-state index contributed by atoms with van der Waals surface area (Å²) in [7, 11) is -10.0. The highest BCUT2D eigenvalue weighted by Gasteiger charge is 2.30. The van der Waals surface area contributed by atoms with Crippen LogP contribution in [0.25, 0.3) is 0 Å². The molecule has 0 rings (SSSR count). The minimum absolute atomic E-state index is 0.0288. The molecule has 0 bridgehead atoms. The van der Waals surface area contributed by atoms with Crippen molar-refractivity contribution in [2.45, 2.75) is 316 Å². The number of allylic oxidation sites excluding steroid dienone is 30. The van der Waals surface area contributed by atoms with Crippen LogP contribution in [0, 0.1) is 0 Å². The predicted molar refractivity (Wildman–Crippen MR) is 445 cm³/mol. The Balaban J connectivity index is 5.44. The first-order chi connectivity index (χ1) is 52.7. The van der Waals surface area contributed by atoms with E-state index in [0.29, 0.717) is 32.1 Å². The molecule has 5 unspecified atom stereocenters. The molecule has 0 saturated heterocycles. The van der Waals surface area contributed by atoms with E-state index in [9.17, 15) is 43.2 Å². The Labute approximate surface area is 654 Å². The van der Waals surface area contributed by atoms with Gasteiger partial charge in [-0.15, -0.1) is 0 Å². The number of carbonyl (C=O) groups is 4. The van der Waals surface area contributed by atoms with E-state index in [1.54, 1.807) is 0 Å². The fourth-order valence-corrected chi connectivity index (χ4v) is 11.8. The van der Waals surface area contributed by atoms with Gasteiger partial charge < -0.3 is 33.8 Å². The fraction of sp³-hybridized carbons (Fsp3) is 0.618. The molecule has 0 fully saturated rings. The molecule has 5 atom stereocenters. The summed E-state index contributed by atoms with van der Waals surface area (Å²) >= 11 is 0. The van der Waals surface area contributed by atoms with Crippen LogP contribution in [0.1, 0.15) is 297 Å². The lowest BCUT2D eigenvalue weighted by molar-refractivity contribution is -0.161. The molecule has 0 saturated carbocycles. The van der Waals surface area contributed by atoms with Crippen LogP contribution in [0.15, 0.2) is 182 Å². The molecule has 108 heavy (non-hydrogen) atoms. The molecule has 0 amide bonds. The van der Waals surface area contributed by atoms with Gasteiger partial charge in [0.15, 0.2) is 12.2 Å². The van der Waals surface area contributed by atoms with Gasteiger partial charge in [-0.1, -0.05) is 293 Å². The summed E-state index contributed by atoms with van der Waals surface area (Å²) in [6.45, 7) is 4.36. The Hall–Kier alpha value is -5.84. The van der Waals surface area contributed by atoms with Gasteiger partial charge in [0.25, 0.3) is 0 Å². The van der Waals surface area contributed by atoms with E-state index in [1.165, 1.54) is 6.42 Å². The van der Waals surface area contributed by atoms with Gasteiger partial charge in [0.2, 0.25) is 0 Å². The van der Waals surface area contributed by atoms with E-state index in [2.05, 4.69) is 192 Å². The molecular formula is C89H144O17P2. The van der Waals surface area contributed by atoms with Crippen LogP contribution in [0.3, 0.4) is 0 Å². The zero-order valence-electron chi connectivity index (χ0n) is 66.9. The molecule has 0 aromatic rings. The maximum atomic E-state index is 13.1. The fourth-order valence-electron chi connectivity index (χ4n) is 10.2. The highest BCUT2D eigenvalue weighted by molar-refractivity contribution is 7.47. The van der Waals surface area contributed by atoms with E-state index in [4.69, 9.17) is 37.0 Å². The molecule has 19 heteroatoms. The third-order valence-corrected chi connectivity index (χ3v) is 18.3. The topological polar surface area (TPSA) is 237 Å². The van der Waals surface area contributed by atoms with Gasteiger partial charge in [-0.25, -0.2) is 9.13 Å². The van der Waals surface area contributed by atoms with Crippen LogP contribution in [0.2, 0.25) is 0 Å². The Morgan fingerprint density at radius 1 is 0.269 bits per heavy atom. The molecule has 0 radical (unpaired) electrons. The molecule has 17 nitrogen and oxygen atoms in total. The lowest BCUT2D eigenvalue weighted by Gasteiger charge is -2.21. The van der Waals surface area contributed by atoms with Crippen molar-refractivity contribution < 1.29 is 80.2 Å². The highest BCUT2D eigenvalue weighted by Crippen LogP contribution is 2.45. The molecule has 0 heterocycles. The maximum absolute atomic E-state index is 13.1. The molecule has 3 N–H and O–H groups in total. The minimum atomic E-state index is -5.00. The third kappa shape index (κ3) is 78.3. The Bertz CT molecular complexity index is 2760. The number of carbonyl (C=O) groups excluding carboxylic acids is 4. The number of aliphatic hydroxyl groups is 1. The van der Waals surface area contributed by atoms with Gasteiger partial charge in [0.1, 0.15) is 19.3 Å². The highest BCUT2D eigenvalue weighted by atomic mass is 31.2. The summed E-state index contributed by atoms with van der Waals surface area (Å²) in [6.07, 6.45) is 96.0. The number of ether oxygens (including phenoxy) is 4. The maximum Gasteiger partial charge on any atom is 0.472 e. The zero-order valence-corrected chi connectivity index (χ0v) is 68.7. The monoisotopic (exact) mass is 1550 g/mol. The van der Waals surface area contributed by atoms with E-state index in [1.807, 2.05) is 18.2 Å². The molecule has 612 valence electrons. The quantitative estimate of drug-likeness (QED) is 0.0169. The molecule has 0 aromatic carbocycles. The molecule has 0 aliphatic carbocycles. The van der Waals surface area contributed by atoms with Crippen molar-refractivity contribution in [3.8, 4) is 0 Å². The average molecular weight is 1550 g/mol. The molecular weight excluding hydrogens is 1400 g/mol. The summed E-state index contributed by atoms with van der Waals surface area (Å²) in [6, 6.07) is 0. The normalized spacial score (nSPS) is 14.8. The Kier molecular flexibility index (Phi) is 75.0. The van der Waals surface area contributed by atoms with Gasteiger partial charge in [-0.2, -0.15) is 0 Å². The average Bonchev–Trinajstić information content (AvgIpc) is 0.899. The van der Waals surface area contributed by atoms with Crippen LogP contribution < -0.4 is 0 Å². The van der Waals surface area contributed by atoms with E-state index < -0.39 is 97.5 Å². The van der Waals surface area contributed by atoms with Crippen molar-refractivity contribution >= 4 is 39.5 Å². The number of phosphoric acid groups is 2. The standard InChI is InChI=1S/C89H144O17P2/c1-5-9-13-17-21-25-29-32-35-38-41-44-47-50-54-57-61-65-69-73-86(91)99-79-84(105-88(93)75-71-67-63-59-53-28-24-20-16-12-8-4)81-103-107(95,96)101-77-83(90)78-102-108(97,98)104-82-85(106-89(94)76-72-68-64-60-56-52-49-46-43-40-37-34-31-27-23-19-15-11-7-3)80-100-87(92)74-70-66-62-58-55-51-48-45-42-39-36-33-30-26-22-18-14-10-6-2/h9-11,13-15,20-27,32-37,41-46,50,54,61,65,83-85,90H,5-8,12,16-19,28-31,38-40,47-49,51-53,55-60,62-64,66-82H2,1-4H3,(H,95,96)(H,97,98)/b13-9-,14-10-,15-11-,24-20-,25-21-,26-22-,27-23-,35-32-,36-33-,37-34-,44-41-,45-42-,46-43-,54-50-,65-61-. The predicted octanol–water partition coefficient (Wildman–Crippen LogP) is 24.3. The van der Waals surface area contributed by atoms with E-state index >= 15 is 0 Å². The van der Waals surface area contributed by atoms with Crippen molar-refractivity contribution in [1.82, 2.24) is 0 Å². The van der Waals surface area contributed by atoms with Crippen LogP contribution in [-0.4, -0.2) is 96.7 Å². The Morgan fingerprint density at radius 3 is 0.806 bits per heavy atom. The van der Waals surface area contributed by atoms with Crippen molar-refractivity contribution in [2.75, 3.05) is 39.6 Å². The van der Waals surface area contributed by atoms with Gasteiger partial charge in [0.05, 0.1) is 26.4 Å². The van der Waals surface area contributed by atoms with Crippen LogP contribution in [0.4, 0.5) is 0 Å². The number of aliphatic hydroxyl groups excluding tert-OH is 1. The number of phosphoric ester groups is 2. The number of rotatable bonds is 75. The van der Waals surface area contributed by atoms with Crippen LogP contribution in [-0.2, 0) is 65.4 Å². The first kappa shape index (κ1) is 102. The SMILES string of the molecule is CC/C=C\C/C=C\C/C=C\C/C=C\C/C=C\C/C=C\CCC(=O)OCC(COP(=O)(O)OCC(O)COP(=O)(O)OCC(COC(=O)CCCCCCCC/C=C\C/C=C\C/C=C\C/C=C\CC)OC(=O)CCCCCCCC/C=C\C/C=C\C/C=C\C/C=C\CC)OC(=O)CCCCCCC/C=C\CCCC. The summed E-state index contributed by atoms with van der Waals surface area (Å²) in [5, 5.41) is 10.7. The largest absolute Gasteiger partial charge is 0.472 e. The van der Waals surface area contributed by atoms with Crippen LogP contribution >= 0.6 is 15.6 Å². The first-order valence-corrected chi connectivity index (χ1v) is 44.0. The van der Waals surface area contributed by atoms with Crippen molar-refractivity contribution in [1.29, 1.82) is 0 Å². The van der Waals surface area contributed by atoms with Crippen molar-refractivity contribution in [3.05, 3.63) is 182 Å². The molecule has 0 aliphatic rings. The van der Waals surface area contributed by atoms with Gasteiger partial charge in [-0.05, 0) is 161 Å². The van der Waals surface area contributed by atoms with Gasteiger partial charge in [-0.3, -0.25) is 37.3 Å². The zero-order chi connectivity index (χ0) is 78.9. The van der Waals surface area contributed by atoms with Crippen molar-refractivity contribution in [2.24, 2.45) is 0 Å².